The molecule has 6 nitrogen and oxygen atoms in total. The van der Waals surface area contributed by atoms with Crippen molar-refractivity contribution in [3.05, 3.63) is 36.2 Å². The first-order chi connectivity index (χ1) is 7.65. The van der Waals surface area contributed by atoms with E-state index < -0.39 is 0 Å². The molecule has 0 atom stereocenters. The fourth-order valence-electron chi connectivity index (χ4n) is 1.19. The Labute approximate surface area is 91.5 Å². The normalized spacial score (nSPS) is 10.1. The molecule has 0 spiro atoms. The molecule has 0 fully saturated rings. The van der Waals surface area contributed by atoms with Crippen molar-refractivity contribution in [1.29, 1.82) is 0 Å². The van der Waals surface area contributed by atoms with Crippen molar-refractivity contribution in [2.45, 2.75) is 0 Å². The summed E-state index contributed by atoms with van der Waals surface area (Å²) in [5.41, 5.74) is 0.837. The Bertz CT molecular complexity index is 504. The minimum absolute atomic E-state index is 0.150. The van der Waals surface area contributed by atoms with Gasteiger partial charge in [-0.2, -0.15) is 0 Å². The Balaban J connectivity index is 2.10. The zero-order valence-corrected chi connectivity index (χ0v) is 8.58. The molecule has 0 bridgehead atoms. The van der Waals surface area contributed by atoms with Crippen molar-refractivity contribution >= 4 is 11.6 Å². The van der Waals surface area contributed by atoms with E-state index >= 15 is 0 Å². The van der Waals surface area contributed by atoms with Crippen LogP contribution in [0.25, 0.3) is 0 Å². The number of phenols is 1. The smallest absolute Gasteiger partial charge is 0.277 e. The van der Waals surface area contributed by atoms with Crippen molar-refractivity contribution < 1.29 is 9.90 Å². The largest absolute Gasteiger partial charge is 0.508 e. The summed E-state index contributed by atoms with van der Waals surface area (Å²) in [7, 11) is 1.68. The second-order valence-corrected chi connectivity index (χ2v) is 3.28. The van der Waals surface area contributed by atoms with Gasteiger partial charge in [0.25, 0.3) is 5.91 Å². The van der Waals surface area contributed by atoms with Gasteiger partial charge >= 0.3 is 0 Å². The first kappa shape index (κ1) is 10.2. The van der Waals surface area contributed by atoms with Crippen LogP contribution in [-0.2, 0) is 7.05 Å². The highest BCUT2D eigenvalue weighted by Gasteiger charge is 2.09. The van der Waals surface area contributed by atoms with Gasteiger partial charge in [0, 0.05) is 12.7 Å². The van der Waals surface area contributed by atoms with E-state index in [0.717, 1.165) is 0 Å². The fourth-order valence-corrected chi connectivity index (χ4v) is 1.19. The number of phenolic OH excluding ortho intramolecular Hbond substituents is 1. The highest BCUT2D eigenvalue weighted by Crippen LogP contribution is 2.14. The number of aromatic hydroxyl groups is 1. The minimum atomic E-state index is -0.334. The van der Waals surface area contributed by atoms with E-state index in [4.69, 9.17) is 5.11 Å². The van der Waals surface area contributed by atoms with Gasteiger partial charge in [-0.3, -0.25) is 9.48 Å². The van der Waals surface area contributed by atoms with Crippen molar-refractivity contribution in [2.24, 2.45) is 7.05 Å². The third-order valence-corrected chi connectivity index (χ3v) is 1.96. The molecule has 6 heteroatoms. The molecule has 1 amide bonds. The molecule has 2 aromatic rings. The summed E-state index contributed by atoms with van der Waals surface area (Å²) >= 11 is 0. The van der Waals surface area contributed by atoms with Crippen LogP contribution in [0.2, 0.25) is 0 Å². The lowest BCUT2D eigenvalue weighted by atomic mass is 10.3. The van der Waals surface area contributed by atoms with Gasteiger partial charge in [-0.25, -0.2) is 0 Å². The van der Waals surface area contributed by atoms with E-state index in [0.29, 0.717) is 5.69 Å². The van der Waals surface area contributed by atoms with E-state index in [2.05, 4.69) is 15.6 Å². The molecule has 0 unspecified atom stereocenters. The second kappa shape index (κ2) is 4.01. The van der Waals surface area contributed by atoms with Gasteiger partial charge in [-0.15, -0.1) is 5.10 Å². The number of aryl methyl sites for hydroxylation is 1. The average Bonchev–Trinajstić information content (AvgIpc) is 2.68. The van der Waals surface area contributed by atoms with Crippen LogP contribution < -0.4 is 5.32 Å². The number of amides is 1. The summed E-state index contributed by atoms with van der Waals surface area (Å²) in [6, 6.07) is 6.19. The maximum absolute atomic E-state index is 11.6. The Kier molecular flexibility index (Phi) is 2.55. The molecule has 0 saturated carbocycles. The van der Waals surface area contributed by atoms with Gasteiger partial charge in [-0.05, 0) is 24.3 Å². The molecular weight excluding hydrogens is 208 g/mol. The molecule has 0 aliphatic heterocycles. The van der Waals surface area contributed by atoms with Crippen molar-refractivity contribution in [3.63, 3.8) is 0 Å². The maximum Gasteiger partial charge on any atom is 0.277 e. The van der Waals surface area contributed by atoms with Crippen LogP contribution in [0, 0.1) is 0 Å². The van der Waals surface area contributed by atoms with E-state index in [1.165, 1.54) is 23.0 Å². The van der Waals surface area contributed by atoms with E-state index in [9.17, 15) is 4.79 Å². The number of anilines is 1. The molecule has 0 aliphatic rings. The van der Waals surface area contributed by atoms with Crippen LogP contribution in [0.5, 0.6) is 5.75 Å². The predicted molar refractivity (Wildman–Crippen MR) is 57.1 cm³/mol. The Morgan fingerprint density at radius 3 is 2.62 bits per heavy atom. The quantitative estimate of drug-likeness (QED) is 0.730. The van der Waals surface area contributed by atoms with Crippen molar-refractivity contribution in [2.75, 3.05) is 5.32 Å². The highest BCUT2D eigenvalue weighted by atomic mass is 16.3. The first-order valence-electron chi connectivity index (χ1n) is 4.62. The minimum Gasteiger partial charge on any atom is -0.508 e. The van der Waals surface area contributed by atoms with Crippen LogP contribution in [-0.4, -0.2) is 26.0 Å². The van der Waals surface area contributed by atoms with Crippen molar-refractivity contribution in [1.82, 2.24) is 15.0 Å². The molecule has 2 N–H and O–H groups in total. The molecule has 16 heavy (non-hydrogen) atoms. The lowest BCUT2D eigenvalue weighted by Crippen LogP contribution is -2.12. The summed E-state index contributed by atoms with van der Waals surface area (Å²) in [5.74, 6) is -0.184. The summed E-state index contributed by atoms with van der Waals surface area (Å²) in [6.45, 7) is 0. The SMILES string of the molecule is Cn1cc(C(=O)Nc2ccc(O)cc2)nn1. The number of nitrogens with one attached hydrogen (secondary N) is 1. The van der Waals surface area contributed by atoms with Gasteiger partial charge < -0.3 is 10.4 Å². The third-order valence-electron chi connectivity index (χ3n) is 1.96. The zero-order valence-electron chi connectivity index (χ0n) is 8.58. The molecule has 1 aromatic carbocycles. The molecule has 0 saturated heterocycles. The standard InChI is InChI=1S/C10H10N4O2/c1-14-6-9(12-13-14)10(16)11-7-2-4-8(15)5-3-7/h2-6,15H,1H3,(H,11,16). The van der Waals surface area contributed by atoms with Gasteiger partial charge in [0.15, 0.2) is 5.69 Å². The average molecular weight is 218 g/mol. The van der Waals surface area contributed by atoms with Gasteiger partial charge in [0.05, 0.1) is 6.20 Å². The second-order valence-electron chi connectivity index (χ2n) is 3.28. The molecule has 0 aliphatic carbocycles. The van der Waals surface area contributed by atoms with Crippen LogP contribution in [0.1, 0.15) is 10.5 Å². The Morgan fingerprint density at radius 2 is 2.06 bits per heavy atom. The van der Waals surface area contributed by atoms with Gasteiger partial charge in [-0.1, -0.05) is 5.21 Å². The number of benzene rings is 1. The van der Waals surface area contributed by atoms with Crippen molar-refractivity contribution in [3.8, 4) is 5.75 Å². The Hall–Kier alpha value is -2.37. The fraction of sp³-hybridized carbons (Fsp3) is 0.100. The van der Waals surface area contributed by atoms with Gasteiger partial charge in [0.1, 0.15) is 5.75 Å². The first-order valence-corrected chi connectivity index (χ1v) is 4.62. The van der Waals surface area contributed by atoms with Crippen LogP contribution in [0.4, 0.5) is 5.69 Å². The number of carbonyl (C=O) groups is 1. The zero-order chi connectivity index (χ0) is 11.5. The highest BCUT2D eigenvalue weighted by molar-refractivity contribution is 6.02. The Morgan fingerprint density at radius 1 is 1.38 bits per heavy atom. The predicted octanol–water partition coefficient (Wildman–Crippen LogP) is 0.773. The molecule has 82 valence electrons. The number of hydrogen-bond donors (Lipinski definition) is 2. The summed E-state index contributed by atoms with van der Waals surface area (Å²) in [4.78, 5) is 11.6. The summed E-state index contributed by atoms with van der Waals surface area (Å²) in [6.07, 6.45) is 1.52. The lowest BCUT2D eigenvalue weighted by molar-refractivity contribution is 0.102. The molecule has 2 rings (SSSR count). The number of aromatic nitrogens is 3. The third kappa shape index (κ3) is 2.17. The summed E-state index contributed by atoms with van der Waals surface area (Å²) in [5, 5.41) is 19.0. The maximum atomic E-state index is 11.6. The molecule has 0 radical (unpaired) electrons. The van der Waals surface area contributed by atoms with Crippen LogP contribution in [0.15, 0.2) is 30.5 Å². The van der Waals surface area contributed by atoms with E-state index in [1.807, 2.05) is 0 Å². The molecule has 1 heterocycles. The lowest BCUT2D eigenvalue weighted by Gasteiger charge is -2.02. The van der Waals surface area contributed by atoms with Crippen LogP contribution >= 0.6 is 0 Å². The molecular formula is C10H10N4O2. The number of carbonyl (C=O) groups excluding carboxylic acids is 1. The van der Waals surface area contributed by atoms with E-state index in [1.54, 1.807) is 19.2 Å². The monoisotopic (exact) mass is 218 g/mol. The molecule has 1 aromatic heterocycles. The number of hydrogen-bond acceptors (Lipinski definition) is 4. The summed E-state index contributed by atoms with van der Waals surface area (Å²) < 4.78 is 1.45. The van der Waals surface area contributed by atoms with Crippen LogP contribution in [0.3, 0.4) is 0 Å². The number of nitrogens with zero attached hydrogens (tertiary/aromatic N) is 3. The number of rotatable bonds is 2. The van der Waals surface area contributed by atoms with Gasteiger partial charge in [0.2, 0.25) is 0 Å². The topological polar surface area (TPSA) is 80.0 Å². The van der Waals surface area contributed by atoms with E-state index in [-0.39, 0.29) is 17.4 Å².